The summed E-state index contributed by atoms with van der Waals surface area (Å²) >= 11 is 5.94. The quantitative estimate of drug-likeness (QED) is 0.825. The smallest absolute Gasteiger partial charge is 0.126 e. The van der Waals surface area contributed by atoms with Crippen LogP contribution in [0.15, 0.2) is 48.5 Å². The van der Waals surface area contributed by atoms with Crippen molar-refractivity contribution in [2.75, 3.05) is 5.88 Å². The molecule has 0 saturated heterocycles. The van der Waals surface area contributed by atoms with Crippen LogP contribution in [0.5, 0.6) is 5.75 Å². The summed E-state index contributed by atoms with van der Waals surface area (Å²) in [5.74, 6) is 0.313. The van der Waals surface area contributed by atoms with Gasteiger partial charge in [0, 0.05) is 11.8 Å². The lowest BCUT2D eigenvalue weighted by Gasteiger charge is -2.15. The van der Waals surface area contributed by atoms with Crippen LogP contribution in [0.3, 0.4) is 0 Å². The zero-order valence-electron chi connectivity index (χ0n) is 9.81. The number of phenolic OH excluding ortho intramolecular Hbond substituents is 1. The van der Waals surface area contributed by atoms with Crippen molar-refractivity contribution >= 4 is 11.6 Å². The number of phenols is 1. The highest BCUT2D eigenvalue weighted by molar-refractivity contribution is 6.18. The van der Waals surface area contributed by atoms with E-state index in [4.69, 9.17) is 11.6 Å². The monoisotopic (exact) mass is 264 g/mol. The van der Waals surface area contributed by atoms with Crippen LogP contribution in [0, 0.1) is 5.82 Å². The molecular weight excluding hydrogens is 251 g/mol. The van der Waals surface area contributed by atoms with Gasteiger partial charge in [0.05, 0.1) is 0 Å². The van der Waals surface area contributed by atoms with E-state index in [2.05, 4.69) is 0 Å². The summed E-state index contributed by atoms with van der Waals surface area (Å²) in [7, 11) is 0. The molecule has 0 fully saturated rings. The fourth-order valence-corrected chi connectivity index (χ4v) is 2.25. The molecule has 0 aliphatic heterocycles. The third-order valence-corrected chi connectivity index (χ3v) is 3.32. The maximum absolute atomic E-state index is 13.7. The number of alkyl halides is 1. The molecule has 2 aromatic carbocycles. The molecule has 0 bridgehead atoms. The lowest BCUT2D eigenvalue weighted by atomic mass is 9.93. The van der Waals surface area contributed by atoms with E-state index in [1.807, 2.05) is 18.2 Å². The SMILES string of the molecule is Oc1ccc(CC(CCl)c2ccccc2F)cc1. The molecule has 0 aliphatic rings. The molecule has 0 heterocycles. The van der Waals surface area contributed by atoms with Crippen molar-refractivity contribution in [3.05, 3.63) is 65.5 Å². The molecule has 0 aromatic heterocycles. The van der Waals surface area contributed by atoms with Crippen LogP contribution in [-0.4, -0.2) is 11.0 Å². The molecule has 0 saturated carbocycles. The van der Waals surface area contributed by atoms with Crippen molar-refractivity contribution in [2.24, 2.45) is 0 Å². The summed E-state index contributed by atoms with van der Waals surface area (Å²) in [6, 6.07) is 13.6. The van der Waals surface area contributed by atoms with Gasteiger partial charge < -0.3 is 5.11 Å². The van der Waals surface area contributed by atoms with Gasteiger partial charge in [0.2, 0.25) is 0 Å². The molecule has 94 valence electrons. The Kier molecular flexibility index (Phi) is 4.21. The number of halogens is 2. The number of aromatic hydroxyl groups is 1. The summed E-state index contributed by atoms with van der Waals surface area (Å²) in [6.45, 7) is 0. The van der Waals surface area contributed by atoms with Crippen LogP contribution < -0.4 is 0 Å². The second-order valence-electron chi connectivity index (χ2n) is 4.24. The Labute approximate surface area is 111 Å². The Bertz CT molecular complexity index is 510. The van der Waals surface area contributed by atoms with Gasteiger partial charge in [0.15, 0.2) is 0 Å². The Morgan fingerprint density at radius 2 is 1.72 bits per heavy atom. The van der Waals surface area contributed by atoms with E-state index < -0.39 is 0 Å². The van der Waals surface area contributed by atoms with E-state index in [-0.39, 0.29) is 17.5 Å². The Balaban J connectivity index is 2.20. The van der Waals surface area contributed by atoms with Crippen LogP contribution >= 0.6 is 11.6 Å². The van der Waals surface area contributed by atoms with Gasteiger partial charge in [-0.05, 0) is 35.7 Å². The molecular formula is C15H14ClFO. The second-order valence-corrected chi connectivity index (χ2v) is 4.55. The Morgan fingerprint density at radius 3 is 2.33 bits per heavy atom. The van der Waals surface area contributed by atoms with Crippen LogP contribution in [0.2, 0.25) is 0 Å². The lowest BCUT2D eigenvalue weighted by molar-refractivity contribution is 0.475. The molecule has 1 unspecified atom stereocenters. The Morgan fingerprint density at radius 1 is 1.06 bits per heavy atom. The van der Waals surface area contributed by atoms with E-state index >= 15 is 0 Å². The van der Waals surface area contributed by atoms with E-state index in [0.29, 0.717) is 17.9 Å². The van der Waals surface area contributed by atoms with Crippen LogP contribution in [0.1, 0.15) is 17.0 Å². The minimum Gasteiger partial charge on any atom is -0.508 e. The van der Waals surface area contributed by atoms with Gasteiger partial charge in [0.25, 0.3) is 0 Å². The molecule has 2 aromatic rings. The van der Waals surface area contributed by atoms with Crippen molar-refractivity contribution in [2.45, 2.75) is 12.3 Å². The lowest BCUT2D eigenvalue weighted by Crippen LogP contribution is -2.06. The Hall–Kier alpha value is -1.54. The first kappa shape index (κ1) is 12.9. The minimum absolute atomic E-state index is 0.0580. The van der Waals surface area contributed by atoms with Crippen molar-refractivity contribution in [1.29, 1.82) is 0 Å². The van der Waals surface area contributed by atoms with Gasteiger partial charge in [-0.2, -0.15) is 0 Å². The van der Waals surface area contributed by atoms with Crippen molar-refractivity contribution < 1.29 is 9.50 Å². The predicted molar refractivity (Wildman–Crippen MR) is 71.7 cm³/mol. The van der Waals surface area contributed by atoms with Crippen molar-refractivity contribution in [3.63, 3.8) is 0 Å². The molecule has 2 rings (SSSR count). The fourth-order valence-electron chi connectivity index (χ4n) is 1.97. The first-order valence-electron chi connectivity index (χ1n) is 5.79. The van der Waals surface area contributed by atoms with Gasteiger partial charge in [-0.1, -0.05) is 30.3 Å². The van der Waals surface area contributed by atoms with Crippen LogP contribution in [0.4, 0.5) is 4.39 Å². The molecule has 0 amide bonds. The predicted octanol–water partition coefficient (Wildman–Crippen LogP) is 4.10. The maximum Gasteiger partial charge on any atom is 0.126 e. The summed E-state index contributed by atoms with van der Waals surface area (Å²) in [6.07, 6.45) is 0.657. The zero-order chi connectivity index (χ0) is 13.0. The van der Waals surface area contributed by atoms with Gasteiger partial charge in [-0.25, -0.2) is 4.39 Å². The van der Waals surface area contributed by atoms with E-state index in [1.165, 1.54) is 6.07 Å². The molecule has 0 radical (unpaired) electrons. The molecule has 1 N–H and O–H groups in total. The largest absolute Gasteiger partial charge is 0.508 e. The van der Waals surface area contributed by atoms with Gasteiger partial charge in [-0.15, -0.1) is 11.6 Å². The molecule has 0 aliphatic carbocycles. The van der Waals surface area contributed by atoms with Crippen LogP contribution in [-0.2, 0) is 6.42 Å². The highest BCUT2D eigenvalue weighted by atomic mass is 35.5. The average molecular weight is 265 g/mol. The van der Waals surface area contributed by atoms with E-state index in [0.717, 1.165) is 5.56 Å². The summed E-state index contributed by atoms with van der Waals surface area (Å²) < 4.78 is 13.7. The summed E-state index contributed by atoms with van der Waals surface area (Å²) in [4.78, 5) is 0. The number of hydrogen-bond acceptors (Lipinski definition) is 1. The molecule has 18 heavy (non-hydrogen) atoms. The minimum atomic E-state index is -0.220. The highest BCUT2D eigenvalue weighted by Gasteiger charge is 2.15. The summed E-state index contributed by atoms with van der Waals surface area (Å²) in [5.41, 5.74) is 1.67. The van der Waals surface area contributed by atoms with E-state index in [9.17, 15) is 9.50 Å². The topological polar surface area (TPSA) is 20.2 Å². The third kappa shape index (κ3) is 3.02. The average Bonchev–Trinajstić information content (AvgIpc) is 2.39. The molecule has 1 atom stereocenters. The molecule has 1 nitrogen and oxygen atoms in total. The normalized spacial score (nSPS) is 12.3. The van der Waals surface area contributed by atoms with Crippen molar-refractivity contribution in [3.8, 4) is 5.75 Å². The van der Waals surface area contributed by atoms with Crippen LogP contribution in [0.25, 0.3) is 0 Å². The zero-order valence-corrected chi connectivity index (χ0v) is 10.6. The third-order valence-electron chi connectivity index (χ3n) is 2.95. The van der Waals surface area contributed by atoms with Gasteiger partial charge in [0.1, 0.15) is 11.6 Å². The maximum atomic E-state index is 13.7. The molecule has 3 heteroatoms. The fraction of sp³-hybridized carbons (Fsp3) is 0.200. The highest BCUT2D eigenvalue weighted by Crippen LogP contribution is 2.25. The van der Waals surface area contributed by atoms with Gasteiger partial charge >= 0.3 is 0 Å². The number of hydrogen-bond donors (Lipinski definition) is 1. The standard InChI is InChI=1S/C15H14ClFO/c16-10-12(14-3-1-2-4-15(14)17)9-11-5-7-13(18)8-6-11/h1-8,12,18H,9-10H2. The van der Waals surface area contributed by atoms with Crippen molar-refractivity contribution in [1.82, 2.24) is 0 Å². The summed E-state index contributed by atoms with van der Waals surface area (Å²) in [5, 5.41) is 9.22. The first-order chi connectivity index (χ1) is 8.70. The molecule has 0 spiro atoms. The first-order valence-corrected chi connectivity index (χ1v) is 6.32. The number of benzene rings is 2. The second kappa shape index (κ2) is 5.87. The van der Waals surface area contributed by atoms with Gasteiger partial charge in [-0.3, -0.25) is 0 Å². The number of rotatable bonds is 4. The van der Waals surface area contributed by atoms with E-state index in [1.54, 1.807) is 24.3 Å².